The lowest BCUT2D eigenvalue weighted by Gasteiger charge is -2.06. The second-order valence-electron chi connectivity index (χ2n) is 4.54. The summed E-state index contributed by atoms with van der Waals surface area (Å²) in [7, 11) is 0. The molecule has 0 saturated carbocycles. The minimum atomic E-state index is 0.683. The number of anilines is 1. The molecule has 0 unspecified atom stereocenters. The van der Waals surface area contributed by atoms with Crippen LogP contribution >= 0.6 is 11.3 Å². The van der Waals surface area contributed by atoms with Crippen molar-refractivity contribution in [1.82, 2.24) is 9.97 Å². The third-order valence-electron chi connectivity index (χ3n) is 3.10. The van der Waals surface area contributed by atoms with Gasteiger partial charge in [0, 0.05) is 23.1 Å². The Morgan fingerprint density at radius 1 is 1.20 bits per heavy atom. The zero-order valence-electron chi connectivity index (χ0n) is 11.4. The number of benzene rings is 1. The monoisotopic (exact) mass is 285 g/mol. The summed E-state index contributed by atoms with van der Waals surface area (Å²) >= 11 is 1.68. The van der Waals surface area contributed by atoms with Gasteiger partial charge in [0.2, 0.25) is 0 Å². The number of aryl methyl sites for hydroxylation is 2. The molecule has 0 bridgehead atoms. The molecule has 1 N–H and O–H groups in total. The standard InChI is InChI=1S/C15H15N3OS/c1-10-15(20-9-17-10)7-16-13-5-3-12(4-6-13)14-8-19-11(2)18-14/h3-6,8-9,16H,7H2,1-2H3. The number of oxazole rings is 1. The summed E-state index contributed by atoms with van der Waals surface area (Å²) in [5.41, 5.74) is 5.98. The van der Waals surface area contributed by atoms with E-state index in [4.69, 9.17) is 4.42 Å². The molecule has 0 spiro atoms. The molecule has 3 aromatic rings. The van der Waals surface area contributed by atoms with Gasteiger partial charge in [-0.1, -0.05) is 12.1 Å². The first-order valence-corrected chi connectivity index (χ1v) is 7.26. The molecule has 1 aromatic carbocycles. The summed E-state index contributed by atoms with van der Waals surface area (Å²) in [5, 5.41) is 3.40. The van der Waals surface area contributed by atoms with Crippen molar-refractivity contribution in [2.24, 2.45) is 0 Å². The molecule has 0 atom stereocenters. The molecule has 0 saturated heterocycles. The van der Waals surface area contributed by atoms with Crippen molar-refractivity contribution >= 4 is 17.0 Å². The Kier molecular flexibility index (Phi) is 3.52. The van der Waals surface area contributed by atoms with Gasteiger partial charge in [-0.3, -0.25) is 0 Å². The van der Waals surface area contributed by atoms with Crippen molar-refractivity contribution < 1.29 is 4.42 Å². The average molecular weight is 285 g/mol. The molecule has 20 heavy (non-hydrogen) atoms. The first-order valence-electron chi connectivity index (χ1n) is 6.38. The lowest BCUT2D eigenvalue weighted by Crippen LogP contribution is -1.98. The first-order chi connectivity index (χ1) is 9.72. The van der Waals surface area contributed by atoms with Crippen LogP contribution < -0.4 is 5.32 Å². The van der Waals surface area contributed by atoms with Crippen LogP contribution in [0.15, 0.2) is 40.5 Å². The predicted octanol–water partition coefficient (Wildman–Crippen LogP) is 4.03. The van der Waals surface area contributed by atoms with Crippen LogP contribution in [0, 0.1) is 13.8 Å². The van der Waals surface area contributed by atoms with Crippen molar-refractivity contribution in [3.05, 3.63) is 52.5 Å². The molecule has 4 nitrogen and oxygen atoms in total. The Morgan fingerprint density at radius 3 is 2.60 bits per heavy atom. The van der Waals surface area contributed by atoms with E-state index in [0.717, 1.165) is 29.2 Å². The highest BCUT2D eigenvalue weighted by molar-refractivity contribution is 7.09. The number of nitrogens with one attached hydrogen (secondary N) is 1. The van der Waals surface area contributed by atoms with E-state index < -0.39 is 0 Å². The molecule has 102 valence electrons. The third-order valence-corrected chi connectivity index (χ3v) is 4.03. The molecular formula is C15H15N3OS. The summed E-state index contributed by atoms with van der Waals surface area (Å²) in [6, 6.07) is 8.18. The molecule has 3 rings (SSSR count). The molecule has 5 heteroatoms. The maximum absolute atomic E-state index is 5.23. The van der Waals surface area contributed by atoms with Crippen molar-refractivity contribution in [2.45, 2.75) is 20.4 Å². The Labute approximate surface area is 121 Å². The Bertz CT molecular complexity index is 700. The van der Waals surface area contributed by atoms with E-state index in [1.54, 1.807) is 17.6 Å². The van der Waals surface area contributed by atoms with Crippen molar-refractivity contribution in [1.29, 1.82) is 0 Å². The maximum atomic E-state index is 5.23. The number of nitrogens with zero attached hydrogens (tertiary/aromatic N) is 2. The Morgan fingerprint density at radius 2 is 2.00 bits per heavy atom. The van der Waals surface area contributed by atoms with E-state index in [0.29, 0.717) is 5.89 Å². The van der Waals surface area contributed by atoms with Gasteiger partial charge in [0.25, 0.3) is 0 Å². The highest BCUT2D eigenvalue weighted by Crippen LogP contribution is 2.21. The molecule has 2 heterocycles. The van der Waals surface area contributed by atoms with Crippen molar-refractivity contribution in [3.8, 4) is 11.3 Å². The third kappa shape index (κ3) is 2.72. The van der Waals surface area contributed by atoms with E-state index >= 15 is 0 Å². The zero-order valence-corrected chi connectivity index (χ0v) is 12.2. The number of hydrogen-bond donors (Lipinski definition) is 1. The SMILES string of the molecule is Cc1nc(-c2ccc(NCc3scnc3C)cc2)co1. The van der Waals surface area contributed by atoms with Gasteiger partial charge in [-0.2, -0.15) is 0 Å². The second-order valence-corrected chi connectivity index (χ2v) is 5.48. The summed E-state index contributed by atoms with van der Waals surface area (Å²) < 4.78 is 5.23. The fourth-order valence-corrected chi connectivity index (χ4v) is 2.65. The molecular weight excluding hydrogens is 270 g/mol. The van der Waals surface area contributed by atoms with Crippen LogP contribution in [0.2, 0.25) is 0 Å². The van der Waals surface area contributed by atoms with E-state index in [2.05, 4.69) is 27.4 Å². The summed E-state index contributed by atoms with van der Waals surface area (Å²) in [5.74, 6) is 0.683. The summed E-state index contributed by atoms with van der Waals surface area (Å²) in [6.45, 7) is 4.68. The van der Waals surface area contributed by atoms with Gasteiger partial charge in [-0.15, -0.1) is 11.3 Å². The van der Waals surface area contributed by atoms with E-state index in [1.807, 2.05) is 31.5 Å². The number of rotatable bonds is 4. The predicted molar refractivity (Wildman–Crippen MR) is 80.9 cm³/mol. The zero-order chi connectivity index (χ0) is 13.9. The van der Waals surface area contributed by atoms with Crippen LogP contribution in [0.3, 0.4) is 0 Å². The molecule has 0 aliphatic carbocycles. The second kappa shape index (κ2) is 5.46. The minimum absolute atomic E-state index is 0.683. The topological polar surface area (TPSA) is 51.0 Å². The van der Waals surface area contributed by atoms with Gasteiger partial charge < -0.3 is 9.73 Å². The summed E-state index contributed by atoms with van der Waals surface area (Å²) in [4.78, 5) is 9.82. The van der Waals surface area contributed by atoms with Crippen LogP contribution in [0.25, 0.3) is 11.3 Å². The fourth-order valence-electron chi connectivity index (χ4n) is 1.93. The van der Waals surface area contributed by atoms with Crippen molar-refractivity contribution in [3.63, 3.8) is 0 Å². The molecule has 0 fully saturated rings. The average Bonchev–Trinajstić information content (AvgIpc) is 3.06. The van der Waals surface area contributed by atoms with Crippen molar-refractivity contribution in [2.75, 3.05) is 5.32 Å². The van der Waals surface area contributed by atoms with Crippen LogP contribution in [-0.2, 0) is 6.54 Å². The van der Waals surface area contributed by atoms with E-state index in [9.17, 15) is 0 Å². The molecule has 2 aromatic heterocycles. The lowest BCUT2D eigenvalue weighted by molar-refractivity contribution is 0.521. The maximum Gasteiger partial charge on any atom is 0.191 e. The number of aromatic nitrogens is 2. The summed E-state index contributed by atoms with van der Waals surface area (Å²) in [6.07, 6.45) is 1.68. The largest absolute Gasteiger partial charge is 0.449 e. The van der Waals surface area contributed by atoms with Gasteiger partial charge in [0.1, 0.15) is 12.0 Å². The quantitative estimate of drug-likeness (QED) is 0.786. The minimum Gasteiger partial charge on any atom is -0.449 e. The molecule has 0 amide bonds. The normalized spacial score (nSPS) is 10.7. The van der Waals surface area contributed by atoms with Gasteiger partial charge in [-0.05, 0) is 19.1 Å². The van der Waals surface area contributed by atoms with Crippen LogP contribution in [-0.4, -0.2) is 9.97 Å². The van der Waals surface area contributed by atoms with Crippen LogP contribution in [0.1, 0.15) is 16.5 Å². The highest BCUT2D eigenvalue weighted by Gasteiger charge is 2.04. The molecule has 0 aliphatic heterocycles. The Hall–Kier alpha value is -2.14. The molecule has 0 radical (unpaired) electrons. The number of thiazole rings is 1. The van der Waals surface area contributed by atoms with Gasteiger partial charge in [0.15, 0.2) is 5.89 Å². The first kappa shape index (κ1) is 12.9. The van der Waals surface area contributed by atoms with Crippen LogP contribution in [0.4, 0.5) is 5.69 Å². The van der Waals surface area contributed by atoms with E-state index in [-0.39, 0.29) is 0 Å². The van der Waals surface area contributed by atoms with Crippen LogP contribution in [0.5, 0.6) is 0 Å². The van der Waals surface area contributed by atoms with Gasteiger partial charge in [0.05, 0.1) is 17.7 Å². The Balaban J connectivity index is 1.69. The number of hydrogen-bond acceptors (Lipinski definition) is 5. The van der Waals surface area contributed by atoms with E-state index in [1.165, 1.54) is 4.88 Å². The molecule has 0 aliphatic rings. The smallest absolute Gasteiger partial charge is 0.191 e. The van der Waals surface area contributed by atoms with Gasteiger partial charge in [-0.25, -0.2) is 9.97 Å². The lowest BCUT2D eigenvalue weighted by atomic mass is 10.1. The highest BCUT2D eigenvalue weighted by atomic mass is 32.1. The fraction of sp³-hybridized carbons (Fsp3) is 0.200. The van der Waals surface area contributed by atoms with Gasteiger partial charge >= 0.3 is 0 Å².